The third kappa shape index (κ3) is 4.73. The second-order valence-electron chi connectivity index (χ2n) is 7.96. The van der Waals surface area contributed by atoms with Crippen LogP contribution in [0.2, 0.25) is 0 Å². The number of carbonyl (C=O) groups excluding carboxylic acids is 3. The topological polar surface area (TPSA) is 79.0 Å². The summed E-state index contributed by atoms with van der Waals surface area (Å²) in [6.45, 7) is 2.18. The fraction of sp³-hybridized carbons (Fsp3) is 0.269. The summed E-state index contributed by atoms with van der Waals surface area (Å²) in [5, 5.41) is 5.58. The van der Waals surface area contributed by atoms with E-state index in [4.69, 9.17) is 4.74 Å². The fourth-order valence-corrected chi connectivity index (χ4v) is 4.11. The van der Waals surface area contributed by atoms with E-state index in [2.05, 4.69) is 17.4 Å². The average molecular weight is 446 g/mol. The number of nitrogens with one attached hydrogen (secondary N) is 1. The average Bonchev–Trinajstić information content (AvgIpc) is 2.97. The lowest BCUT2D eigenvalue weighted by Crippen LogP contribution is -2.51. The summed E-state index contributed by atoms with van der Waals surface area (Å²) in [4.78, 5) is 41.5. The van der Waals surface area contributed by atoms with Crippen molar-refractivity contribution in [3.05, 3.63) is 72.3 Å². The highest BCUT2D eigenvalue weighted by Crippen LogP contribution is 2.33. The number of para-hydroxylation sites is 2. The molecule has 0 fully saturated rings. The Morgan fingerprint density at radius 3 is 2.42 bits per heavy atom. The lowest BCUT2D eigenvalue weighted by molar-refractivity contribution is -0.140. The lowest BCUT2D eigenvalue weighted by Gasteiger charge is -2.24. The molecule has 4 rings (SSSR count). The van der Waals surface area contributed by atoms with Crippen LogP contribution < -0.4 is 15.1 Å². The van der Waals surface area contributed by atoms with Crippen molar-refractivity contribution in [1.29, 1.82) is 0 Å². The molecule has 1 N–H and O–H groups in total. The van der Waals surface area contributed by atoms with Crippen molar-refractivity contribution in [3.63, 3.8) is 0 Å². The van der Waals surface area contributed by atoms with Crippen molar-refractivity contribution in [3.8, 4) is 0 Å². The maximum atomic E-state index is 13.6. The monoisotopic (exact) mass is 445 g/mol. The van der Waals surface area contributed by atoms with E-state index in [9.17, 15) is 14.4 Å². The standard InChI is InChI=1S/C26H27N3O4/c1-3-24(30)28-16-21(27-15-18-12-13-19-8-4-5-9-20(19)14-18)26(32)29(17-25(31)33-2)23-11-7-6-10-22(23)28/h4-14,21,27H,3,15-17H2,1-2H3/t21-/m0/s1. The maximum Gasteiger partial charge on any atom is 0.325 e. The van der Waals surface area contributed by atoms with E-state index in [-0.39, 0.29) is 24.9 Å². The SMILES string of the molecule is CCC(=O)N1C[C@H](NCc2ccc3ccccc3c2)C(=O)N(CC(=O)OC)c2ccccc21. The van der Waals surface area contributed by atoms with Crippen molar-refractivity contribution in [1.82, 2.24) is 5.32 Å². The second kappa shape index (κ2) is 9.83. The minimum Gasteiger partial charge on any atom is -0.468 e. The minimum absolute atomic E-state index is 0.0901. The van der Waals surface area contributed by atoms with E-state index in [0.29, 0.717) is 24.3 Å². The first-order valence-corrected chi connectivity index (χ1v) is 11.0. The number of esters is 1. The van der Waals surface area contributed by atoms with E-state index >= 15 is 0 Å². The van der Waals surface area contributed by atoms with Crippen LogP contribution in [0.15, 0.2) is 66.7 Å². The van der Waals surface area contributed by atoms with Gasteiger partial charge in [0.1, 0.15) is 12.6 Å². The Morgan fingerprint density at radius 1 is 1.00 bits per heavy atom. The number of fused-ring (bicyclic) bond motifs is 2. The normalized spacial score (nSPS) is 15.8. The largest absolute Gasteiger partial charge is 0.468 e. The summed E-state index contributed by atoms with van der Waals surface area (Å²) in [5.41, 5.74) is 2.15. The lowest BCUT2D eigenvalue weighted by atomic mass is 10.1. The van der Waals surface area contributed by atoms with Crippen molar-refractivity contribution < 1.29 is 19.1 Å². The van der Waals surface area contributed by atoms with Crippen molar-refractivity contribution in [2.45, 2.75) is 25.9 Å². The van der Waals surface area contributed by atoms with Crippen LogP contribution in [0.4, 0.5) is 11.4 Å². The van der Waals surface area contributed by atoms with Gasteiger partial charge in [-0.05, 0) is 34.5 Å². The Kier molecular flexibility index (Phi) is 6.70. The van der Waals surface area contributed by atoms with Gasteiger partial charge in [0.05, 0.1) is 25.0 Å². The first kappa shape index (κ1) is 22.5. The highest BCUT2D eigenvalue weighted by Gasteiger charge is 2.36. The number of methoxy groups -OCH3 is 1. The highest BCUT2D eigenvalue weighted by atomic mass is 16.5. The summed E-state index contributed by atoms with van der Waals surface area (Å²) in [6.07, 6.45) is 0.303. The molecule has 0 saturated carbocycles. The van der Waals surface area contributed by atoms with Crippen LogP contribution in [0.5, 0.6) is 0 Å². The van der Waals surface area contributed by atoms with Gasteiger partial charge in [0, 0.05) is 13.0 Å². The summed E-state index contributed by atoms with van der Waals surface area (Å²) < 4.78 is 4.82. The van der Waals surface area contributed by atoms with E-state index in [0.717, 1.165) is 16.3 Å². The fourth-order valence-electron chi connectivity index (χ4n) is 4.11. The Morgan fingerprint density at radius 2 is 1.70 bits per heavy atom. The van der Waals surface area contributed by atoms with Gasteiger partial charge >= 0.3 is 5.97 Å². The second-order valence-corrected chi connectivity index (χ2v) is 7.96. The molecule has 2 amide bonds. The summed E-state index contributed by atoms with van der Waals surface area (Å²) in [6, 6.07) is 20.7. The quantitative estimate of drug-likeness (QED) is 0.590. The van der Waals surface area contributed by atoms with E-state index in [1.807, 2.05) is 36.4 Å². The van der Waals surface area contributed by atoms with Crippen LogP contribution >= 0.6 is 0 Å². The molecule has 0 bridgehead atoms. The molecule has 0 saturated heterocycles. The van der Waals surface area contributed by atoms with Gasteiger partial charge in [0.15, 0.2) is 0 Å². The first-order valence-electron chi connectivity index (χ1n) is 11.0. The molecule has 1 aliphatic heterocycles. The molecule has 1 atom stereocenters. The van der Waals surface area contributed by atoms with Gasteiger partial charge in [0.25, 0.3) is 0 Å². The smallest absolute Gasteiger partial charge is 0.325 e. The predicted octanol–water partition coefficient (Wildman–Crippen LogP) is 3.26. The zero-order valence-corrected chi connectivity index (χ0v) is 18.8. The molecular formula is C26H27N3O4. The summed E-state index contributed by atoms with van der Waals surface area (Å²) in [5.74, 6) is -0.894. The molecule has 0 spiro atoms. The van der Waals surface area contributed by atoms with Crippen molar-refractivity contribution in [2.75, 3.05) is 30.0 Å². The van der Waals surface area contributed by atoms with Crippen LogP contribution in [0.1, 0.15) is 18.9 Å². The van der Waals surface area contributed by atoms with Crippen molar-refractivity contribution in [2.24, 2.45) is 0 Å². The first-order chi connectivity index (χ1) is 16.0. The third-order valence-corrected chi connectivity index (χ3v) is 5.88. The van der Waals surface area contributed by atoms with Crippen LogP contribution in [0, 0.1) is 0 Å². The minimum atomic E-state index is -0.691. The molecule has 0 radical (unpaired) electrons. The molecular weight excluding hydrogens is 418 g/mol. The Bertz CT molecular complexity index is 1190. The molecule has 33 heavy (non-hydrogen) atoms. The molecule has 170 valence electrons. The van der Waals surface area contributed by atoms with Crippen LogP contribution in [-0.2, 0) is 25.7 Å². The van der Waals surface area contributed by atoms with E-state index < -0.39 is 12.0 Å². The molecule has 7 heteroatoms. The Hall–Kier alpha value is -3.71. The molecule has 0 aliphatic carbocycles. The molecule has 0 unspecified atom stereocenters. The third-order valence-electron chi connectivity index (χ3n) is 5.88. The van der Waals surface area contributed by atoms with Gasteiger partial charge in [-0.15, -0.1) is 0 Å². The van der Waals surface area contributed by atoms with Gasteiger partial charge in [0.2, 0.25) is 11.8 Å². The predicted molar refractivity (Wildman–Crippen MR) is 128 cm³/mol. The number of carbonyl (C=O) groups is 3. The van der Waals surface area contributed by atoms with Gasteiger partial charge in [-0.1, -0.05) is 55.5 Å². The molecule has 1 heterocycles. The van der Waals surface area contributed by atoms with Gasteiger partial charge in [-0.3, -0.25) is 19.3 Å². The van der Waals surface area contributed by atoms with Crippen molar-refractivity contribution >= 4 is 39.9 Å². The number of rotatable bonds is 6. The zero-order chi connectivity index (χ0) is 23.4. The number of benzene rings is 3. The van der Waals surface area contributed by atoms with Crippen LogP contribution in [-0.4, -0.2) is 44.0 Å². The number of hydrogen-bond donors (Lipinski definition) is 1. The highest BCUT2D eigenvalue weighted by molar-refractivity contribution is 6.08. The number of anilines is 2. The number of ether oxygens (including phenoxy) is 1. The molecule has 0 aromatic heterocycles. The van der Waals surface area contributed by atoms with E-state index in [1.54, 1.807) is 30.0 Å². The van der Waals surface area contributed by atoms with Gasteiger partial charge in [-0.2, -0.15) is 0 Å². The van der Waals surface area contributed by atoms with Crippen LogP contribution in [0.25, 0.3) is 10.8 Å². The zero-order valence-electron chi connectivity index (χ0n) is 18.8. The Labute approximate surface area is 192 Å². The summed E-state index contributed by atoms with van der Waals surface area (Å²) in [7, 11) is 1.29. The van der Waals surface area contributed by atoms with Crippen LogP contribution in [0.3, 0.4) is 0 Å². The number of amides is 2. The van der Waals surface area contributed by atoms with Gasteiger partial charge < -0.3 is 15.0 Å². The summed E-state index contributed by atoms with van der Waals surface area (Å²) >= 11 is 0. The number of nitrogens with zero attached hydrogens (tertiary/aromatic N) is 2. The van der Waals surface area contributed by atoms with E-state index in [1.165, 1.54) is 12.0 Å². The Balaban J connectivity index is 1.65. The molecule has 7 nitrogen and oxygen atoms in total. The molecule has 1 aliphatic rings. The number of hydrogen-bond acceptors (Lipinski definition) is 5. The maximum absolute atomic E-state index is 13.6. The molecule has 3 aromatic carbocycles. The van der Waals surface area contributed by atoms with Gasteiger partial charge in [-0.25, -0.2) is 0 Å². The molecule has 3 aromatic rings.